The van der Waals surface area contributed by atoms with E-state index >= 15 is 0 Å². The molecule has 0 unspecified atom stereocenters. The van der Waals surface area contributed by atoms with Crippen molar-refractivity contribution in [2.45, 2.75) is 6.18 Å². The third-order valence-corrected chi connectivity index (χ3v) is 6.02. The van der Waals surface area contributed by atoms with Crippen LogP contribution < -0.4 is 0 Å². The second-order valence-electron chi connectivity index (χ2n) is 8.18. The van der Waals surface area contributed by atoms with E-state index in [1.54, 1.807) is 11.0 Å². The van der Waals surface area contributed by atoms with Gasteiger partial charge in [0.05, 0.1) is 33.9 Å². The topological polar surface area (TPSA) is 103 Å². The number of aliphatic hydroxyl groups excluding tert-OH is 1. The molecule has 11 heteroatoms. The number of H-pyrrole nitrogens is 1. The molecular weight excluding hydrogens is 465 g/mol. The number of carbonyl (C=O) groups excluding carboxylic acids is 1. The summed E-state index contributed by atoms with van der Waals surface area (Å²) in [4.78, 5) is 31.3. The number of nitrogens with zero attached hydrogens (tertiary/aromatic N) is 3. The van der Waals surface area contributed by atoms with E-state index in [1.807, 2.05) is 4.90 Å². The number of hydrogen-bond donors (Lipinski definition) is 2. The van der Waals surface area contributed by atoms with Crippen molar-refractivity contribution in [1.82, 2.24) is 14.8 Å². The van der Waals surface area contributed by atoms with Crippen LogP contribution in [-0.2, 0) is 6.18 Å². The molecule has 184 valence electrons. The largest absolute Gasteiger partial charge is 0.416 e. The summed E-state index contributed by atoms with van der Waals surface area (Å²) in [5, 5.41) is 20.8. The minimum atomic E-state index is -4.48. The highest BCUT2D eigenvalue weighted by Crippen LogP contribution is 2.36. The van der Waals surface area contributed by atoms with Crippen molar-refractivity contribution in [3.63, 3.8) is 0 Å². The molecule has 35 heavy (non-hydrogen) atoms. The predicted octanol–water partition coefficient (Wildman–Crippen LogP) is 4.03. The number of nitro groups is 1. The second-order valence-corrected chi connectivity index (χ2v) is 8.18. The molecule has 2 heterocycles. The number of nitrogens with one attached hydrogen (secondary N) is 1. The number of nitro benzene ring substituents is 1. The van der Waals surface area contributed by atoms with Crippen LogP contribution in [0.5, 0.6) is 0 Å². The number of benzene rings is 2. The normalized spacial score (nSPS) is 14.8. The van der Waals surface area contributed by atoms with E-state index in [9.17, 15) is 28.1 Å². The van der Waals surface area contributed by atoms with Crippen LogP contribution in [0.25, 0.3) is 22.5 Å². The number of aromatic amines is 1. The standard InChI is InChI=1S/C24H23F3N4O4/c25-24(26,27)17-7-5-16(6-8-17)20-15-19(23(33)30-11-9-29(10-12-30)13-14-32)22(28-20)18-3-1-2-4-21(18)31(34)35/h1-8,15,28,32H,9-14H2. The van der Waals surface area contributed by atoms with Gasteiger partial charge in [0.15, 0.2) is 0 Å². The van der Waals surface area contributed by atoms with Crippen molar-refractivity contribution in [3.05, 3.63) is 75.8 Å². The Morgan fingerprint density at radius 1 is 1.06 bits per heavy atom. The molecule has 1 aliphatic rings. The number of halogens is 3. The van der Waals surface area contributed by atoms with Crippen LogP contribution >= 0.6 is 0 Å². The molecule has 2 aromatic carbocycles. The van der Waals surface area contributed by atoms with Crippen LogP contribution in [-0.4, -0.2) is 70.1 Å². The number of aromatic nitrogens is 1. The summed E-state index contributed by atoms with van der Waals surface area (Å²) in [5.41, 5.74) is 0.412. The number of β-amino-alcohol motifs (C(OH)–C–C–N with tert-alkyl or cyclic N) is 1. The van der Waals surface area contributed by atoms with Gasteiger partial charge in [-0.05, 0) is 29.8 Å². The van der Waals surface area contributed by atoms with E-state index in [-0.39, 0.29) is 35.0 Å². The van der Waals surface area contributed by atoms with Gasteiger partial charge in [-0.1, -0.05) is 24.3 Å². The Kier molecular flexibility index (Phi) is 6.90. The number of aliphatic hydroxyl groups is 1. The number of carbonyl (C=O) groups is 1. The maximum atomic E-state index is 13.5. The van der Waals surface area contributed by atoms with Crippen LogP contribution in [0.2, 0.25) is 0 Å². The summed E-state index contributed by atoms with van der Waals surface area (Å²) < 4.78 is 38.9. The van der Waals surface area contributed by atoms with Crippen molar-refractivity contribution in [2.75, 3.05) is 39.3 Å². The highest BCUT2D eigenvalue weighted by molar-refractivity contribution is 6.02. The fourth-order valence-electron chi connectivity index (χ4n) is 4.16. The Morgan fingerprint density at radius 2 is 1.71 bits per heavy atom. The zero-order valence-corrected chi connectivity index (χ0v) is 18.6. The maximum Gasteiger partial charge on any atom is 0.416 e. The average Bonchev–Trinajstić information content (AvgIpc) is 3.29. The summed E-state index contributed by atoms with van der Waals surface area (Å²) in [6.45, 7) is 2.49. The average molecular weight is 488 g/mol. The van der Waals surface area contributed by atoms with E-state index in [1.165, 1.54) is 36.4 Å². The van der Waals surface area contributed by atoms with Crippen molar-refractivity contribution < 1.29 is 28.0 Å². The molecule has 0 bridgehead atoms. The molecule has 3 aromatic rings. The van der Waals surface area contributed by atoms with Crippen molar-refractivity contribution in [3.8, 4) is 22.5 Å². The first-order valence-corrected chi connectivity index (χ1v) is 11.0. The van der Waals surface area contributed by atoms with E-state index in [2.05, 4.69) is 4.98 Å². The summed E-state index contributed by atoms with van der Waals surface area (Å²) in [6, 6.07) is 12.0. The second kappa shape index (κ2) is 9.88. The highest BCUT2D eigenvalue weighted by Gasteiger charge is 2.31. The molecule has 0 atom stereocenters. The molecule has 0 aliphatic carbocycles. The van der Waals surface area contributed by atoms with E-state index in [0.29, 0.717) is 44.0 Å². The van der Waals surface area contributed by atoms with Gasteiger partial charge in [-0.15, -0.1) is 0 Å². The van der Waals surface area contributed by atoms with Gasteiger partial charge in [-0.25, -0.2) is 0 Å². The van der Waals surface area contributed by atoms with Crippen LogP contribution in [0.4, 0.5) is 18.9 Å². The van der Waals surface area contributed by atoms with E-state index < -0.39 is 16.7 Å². The molecule has 8 nitrogen and oxygen atoms in total. The maximum absolute atomic E-state index is 13.5. The minimum absolute atomic E-state index is 0.0179. The number of hydrogen-bond acceptors (Lipinski definition) is 5. The lowest BCUT2D eigenvalue weighted by atomic mass is 10.0. The summed E-state index contributed by atoms with van der Waals surface area (Å²) in [6.07, 6.45) is -4.48. The molecule has 1 fully saturated rings. The van der Waals surface area contributed by atoms with Gasteiger partial charge < -0.3 is 15.0 Å². The zero-order chi connectivity index (χ0) is 25.2. The molecule has 0 spiro atoms. The van der Waals surface area contributed by atoms with Gasteiger partial charge in [-0.3, -0.25) is 19.8 Å². The van der Waals surface area contributed by atoms with Crippen LogP contribution in [0.1, 0.15) is 15.9 Å². The van der Waals surface area contributed by atoms with Crippen molar-refractivity contribution in [1.29, 1.82) is 0 Å². The Bertz CT molecular complexity index is 1220. The minimum Gasteiger partial charge on any atom is -0.395 e. The van der Waals surface area contributed by atoms with E-state index in [4.69, 9.17) is 5.11 Å². The summed E-state index contributed by atoms with van der Waals surface area (Å²) >= 11 is 0. The van der Waals surface area contributed by atoms with E-state index in [0.717, 1.165) is 12.1 Å². The Labute approximate surface area is 198 Å². The lowest BCUT2D eigenvalue weighted by Gasteiger charge is -2.34. The first-order chi connectivity index (χ1) is 16.7. The number of rotatable bonds is 6. The highest BCUT2D eigenvalue weighted by atomic mass is 19.4. The lowest BCUT2D eigenvalue weighted by Crippen LogP contribution is -2.49. The molecule has 1 amide bonds. The Morgan fingerprint density at radius 3 is 2.31 bits per heavy atom. The van der Waals surface area contributed by atoms with Gasteiger partial charge >= 0.3 is 6.18 Å². The van der Waals surface area contributed by atoms with Crippen LogP contribution in [0.3, 0.4) is 0 Å². The van der Waals surface area contributed by atoms with Gasteiger partial charge in [0.1, 0.15) is 0 Å². The fraction of sp³-hybridized carbons (Fsp3) is 0.292. The quantitative estimate of drug-likeness (QED) is 0.403. The zero-order valence-electron chi connectivity index (χ0n) is 18.6. The Hall–Kier alpha value is -3.70. The van der Waals surface area contributed by atoms with Gasteiger partial charge in [0.25, 0.3) is 11.6 Å². The monoisotopic (exact) mass is 488 g/mol. The molecule has 1 aromatic heterocycles. The van der Waals surface area contributed by atoms with Gasteiger partial charge in [-0.2, -0.15) is 13.2 Å². The van der Waals surface area contributed by atoms with Crippen LogP contribution in [0, 0.1) is 10.1 Å². The SMILES string of the molecule is O=C(c1cc(-c2ccc(C(F)(F)F)cc2)[nH]c1-c1ccccc1[N+](=O)[O-])N1CCN(CCO)CC1. The molecule has 0 radical (unpaired) electrons. The first-order valence-electron chi connectivity index (χ1n) is 11.0. The van der Waals surface area contributed by atoms with Gasteiger partial charge in [0, 0.05) is 44.5 Å². The number of piperazine rings is 1. The van der Waals surface area contributed by atoms with Crippen LogP contribution in [0.15, 0.2) is 54.6 Å². The molecule has 2 N–H and O–H groups in total. The first kappa shape index (κ1) is 24.4. The number of alkyl halides is 3. The fourth-order valence-corrected chi connectivity index (χ4v) is 4.16. The number of para-hydroxylation sites is 1. The third kappa shape index (κ3) is 5.20. The summed E-state index contributed by atoms with van der Waals surface area (Å²) in [5.74, 6) is -0.337. The molecule has 4 rings (SSSR count). The van der Waals surface area contributed by atoms with Crippen molar-refractivity contribution >= 4 is 11.6 Å². The molecule has 0 saturated carbocycles. The molecular formula is C24H23F3N4O4. The predicted molar refractivity (Wildman–Crippen MR) is 123 cm³/mol. The molecule has 1 saturated heterocycles. The Balaban J connectivity index is 1.74. The third-order valence-electron chi connectivity index (χ3n) is 6.02. The number of amides is 1. The smallest absolute Gasteiger partial charge is 0.395 e. The molecule has 1 aliphatic heterocycles. The lowest BCUT2D eigenvalue weighted by molar-refractivity contribution is -0.384. The van der Waals surface area contributed by atoms with Crippen molar-refractivity contribution in [2.24, 2.45) is 0 Å². The van der Waals surface area contributed by atoms with Gasteiger partial charge in [0.2, 0.25) is 0 Å². The summed E-state index contributed by atoms with van der Waals surface area (Å²) in [7, 11) is 0.